The van der Waals surface area contributed by atoms with Crippen molar-refractivity contribution in [1.82, 2.24) is 15.0 Å². The van der Waals surface area contributed by atoms with Crippen LogP contribution in [0.1, 0.15) is 0 Å². The largest absolute Gasteiger partial charge is 0.507 e. The van der Waals surface area contributed by atoms with Crippen molar-refractivity contribution in [2.75, 3.05) is 0 Å². The number of aromatic nitrogens is 3. The van der Waals surface area contributed by atoms with Gasteiger partial charge in [-0.05, 0) is 69.3 Å². The summed E-state index contributed by atoms with van der Waals surface area (Å²) < 4.78 is 5.56. The minimum absolute atomic E-state index is 0. The van der Waals surface area contributed by atoms with Crippen LogP contribution >= 0.6 is 0 Å². The molecule has 0 saturated heterocycles. The van der Waals surface area contributed by atoms with Crippen molar-refractivity contribution in [2.24, 2.45) is 0 Å². The van der Waals surface area contributed by atoms with Crippen molar-refractivity contribution in [2.45, 2.75) is 0 Å². The summed E-state index contributed by atoms with van der Waals surface area (Å²) in [5, 5.41) is 14.5. The Bertz CT molecular complexity index is 2270. The second-order valence-electron chi connectivity index (χ2n) is 10.8. The maximum absolute atomic E-state index is 9.69. The maximum Gasteiger partial charge on any atom is 0.231 e. The van der Waals surface area contributed by atoms with E-state index in [0.717, 1.165) is 33.6 Å². The first-order valence-corrected chi connectivity index (χ1v) is 15.5. The Hall–Kier alpha value is -5.94. The molecule has 0 aliphatic heterocycles. The number of nitrogens with zero attached hydrogens (tertiary/aromatic N) is 3. The summed E-state index contributed by atoms with van der Waals surface area (Å²) in [4.78, 5) is 13.2. The number of benzene rings is 6. The Morgan fingerprint density at radius 2 is 1.02 bits per heavy atom. The van der Waals surface area contributed by atoms with E-state index in [1.165, 1.54) is 21.5 Å². The fraction of sp³-hybridized carbons (Fsp3) is 0. The monoisotopic (exact) mass is 812 g/mol. The third-order valence-electron chi connectivity index (χ3n) is 7.70. The summed E-state index contributed by atoms with van der Waals surface area (Å²) in [5.41, 5.74) is 6.20. The molecule has 3 heterocycles. The van der Waals surface area contributed by atoms with Crippen LogP contribution in [-0.2, 0) is 20.1 Å². The van der Waals surface area contributed by atoms with Gasteiger partial charge in [-0.25, -0.2) is 4.98 Å². The van der Waals surface area contributed by atoms with Crippen molar-refractivity contribution < 1.29 is 29.6 Å². The molecule has 5 nitrogen and oxygen atoms in total. The van der Waals surface area contributed by atoms with Crippen molar-refractivity contribution in [3.8, 4) is 39.7 Å². The van der Waals surface area contributed by atoms with E-state index in [2.05, 4.69) is 51.4 Å². The molecule has 6 heteroatoms. The number of pyridine rings is 2. The van der Waals surface area contributed by atoms with E-state index < -0.39 is 0 Å². The molecule has 6 aromatic carbocycles. The molecule has 0 saturated carbocycles. The Morgan fingerprint density at radius 3 is 1.57 bits per heavy atom. The van der Waals surface area contributed by atoms with Crippen molar-refractivity contribution in [3.63, 3.8) is 0 Å². The summed E-state index contributed by atoms with van der Waals surface area (Å²) in [6.07, 6.45) is 3.69. The first-order chi connectivity index (χ1) is 23.7. The zero-order valence-electron chi connectivity index (χ0n) is 26.2. The van der Waals surface area contributed by atoms with Gasteiger partial charge >= 0.3 is 0 Å². The van der Waals surface area contributed by atoms with Crippen LogP contribution in [0, 0.1) is 12.1 Å². The summed E-state index contributed by atoms with van der Waals surface area (Å²) in [7, 11) is 0. The van der Waals surface area contributed by atoms with Gasteiger partial charge in [-0.1, -0.05) is 72.8 Å². The molecule has 1 N–H and O–H groups in total. The number of rotatable bonds is 3. The van der Waals surface area contributed by atoms with Gasteiger partial charge in [0.15, 0.2) is 5.58 Å². The zero-order valence-corrected chi connectivity index (χ0v) is 28.6. The number of aromatic hydroxyl groups is 1. The van der Waals surface area contributed by atoms with Crippen LogP contribution in [-0.4, -0.2) is 20.1 Å². The molecule has 239 valence electrons. The molecule has 0 aliphatic carbocycles. The standard InChI is InChI=1S/2C15H10N.C13H9NO2.Ir/c2*1-2-7-13(8-3-1)15-14-9-5-4-6-12(14)10-11-16-15;15-11-7-3-1-5-9(11)13-14-10-6-2-4-8-12(10)16-13;/h2*1-7,9-11H;1-8,15H;/q2*-1;;. The number of hydrogen-bond acceptors (Lipinski definition) is 5. The van der Waals surface area contributed by atoms with E-state index >= 15 is 0 Å². The fourth-order valence-corrected chi connectivity index (χ4v) is 5.39. The normalized spacial score (nSPS) is 10.4. The molecule has 9 rings (SSSR count). The van der Waals surface area contributed by atoms with Gasteiger partial charge in [-0.2, -0.15) is 0 Å². The molecular weight excluding hydrogens is 783 g/mol. The van der Waals surface area contributed by atoms with Gasteiger partial charge in [-0.3, -0.25) is 0 Å². The van der Waals surface area contributed by atoms with E-state index in [1.807, 2.05) is 128 Å². The van der Waals surface area contributed by atoms with Gasteiger partial charge in [0.25, 0.3) is 0 Å². The van der Waals surface area contributed by atoms with E-state index in [1.54, 1.807) is 18.2 Å². The summed E-state index contributed by atoms with van der Waals surface area (Å²) in [6.45, 7) is 0. The van der Waals surface area contributed by atoms with Crippen LogP contribution in [0.25, 0.3) is 66.6 Å². The number of phenolic OH excluding ortho intramolecular Hbond substituents is 1. The van der Waals surface area contributed by atoms with E-state index in [9.17, 15) is 5.11 Å². The Morgan fingerprint density at radius 1 is 0.510 bits per heavy atom. The van der Waals surface area contributed by atoms with Crippen molar-refractivity contribution in [1.29, 1.82) is 0 Å². The van der Waals surface area contributed by atoms with E-state index in [-0.39, 0.29) is 25.9 Å². The molecule has 0 atom stereocenters. The van der Waals surface area contributed by atoms with Crippen LogP contribution in [0.4, 0.5) is 0 Å². The predicted molar refractivity (Wildman–Crippen MR) is 193 cm³/mol. The van der Waals surface area contributed by atoms with Gasteiger partial charge in [0, 0.05) is 32.5 Å². The number of hydrogen-bond donors (Lipinski definition) is 1. The molecule has 49 heavy (non-hydrogen) atoms. The first-order valence-electron chi connectivity index (χ1n) is 15.5. The minimum Gasteiger partial charge on any atom is -0.507 e. The molecule has 3 aromatic heterocycles. The molecule has 0 aliphatic rings. The van der Waals surface area contributed by atoms with Gasteiger partial charge in [0.2, 0.25) is 5.89 Å². The van der Waals surface area contributed by atoms with Gasteiger partial charge in [-0.15, -0.1) is 71.8 Å². The predicted octanol–water partition coefficient (Wildman–Crippen LogP) is 10.6. The number of para-hydroxylation sites is 3. The minimum atomic E-state index is 0. The van der Waals surface area contributed by atoms with Crippen LogP contribution in [0.15, 0.2) is 175 Å². The summed E-state index contributed by atoms with van der Waals surface area (Å²) in [5.74, 6) is 0.619. The molecule has 0 spiro atoms. The van der Waals surface area contributed by atoms with Crippen LogP contribution in [0.5, 0.6) is 5.75 Å². The molecule has 1 radical (unpaired) electrons. The Labute approximate surface area is 297 Å². The van der Waals surface area contributed by atoms with Crippen molar-refractivity contribution in [3.05, 3.63) is 182 Å². The maximum atomic E-state index is 9.69. The number of oxazole rings is 1. The molecule has 0 fully saturated rings. The fourth-order valence-electron chi connectivity index (χ4n) is 5.39. The van der Waals surface area contributed by atoms with E-state index in [0.29, 0.717) is 11.5 Å². The quantitative estimate of drug-likeness (QED) is 0.180. The molecular formula is C43H29IrN3O2-2. The summed E-state index contributed by atoms with van der Waals surface area (Å²) in [6, 6.07) is 57.4. The molecule has 0 bridgehead atoms. The average molecular weight is 812 g/mol. The third-order valence-corrected chi connectivity index (χ3v) is 7.70. The van der Waals surface area contributed by atoms with Crippen LogP contribution in [0.2, 0.25) is 0 Å². The Balaban J connectivity index is 0.000000126. The summed E-state index contributed by atoms with van der Waals surface area (Å²) >= 11 is 0. The van der Waals surface area contributed by atoms with Gasteiger partial charge in [0.1, 0.15) is 11.3 Å². The van der Waals surface area contributed by atoms with Crippen LogP contribution in [0.3, 0.4) is 0 Å². The Kier molecular flexibility index (Phi) is 10.6. The third kappa shape index (κ3) is 7.63. The molecule has 0 unspecified atom stereocenters. The SMILES string of the molecule is Oc1ccccc1-c1nc2ccccc2o1.[Ir].[c-]1ccccc1-c1nccc2ccccc12.[c-]1ccccc1-c1nccc2ccccc12. The van der Waals surface area contributed by atoms with Crippen molar-refractivity contribution >= 4 is 32.6 Å². The average Bonchev–Trinajstić information content (AvgIpc) is 3.60. The van der Waals surface area contributed by atoms with Gasteiger partial charge in [0.05, 0.1) is 5.56 Å². The number of phenols is 1. The number of fused-ring (bicyclic) bond motifs is 3. The molecule has 0 amide bonds. The first kappa shape index (κ1) is 33.0. The van der Waals surface area contributed by atoms with Crippen LogP contribution < -0.4 is 0 Å². The second kappa shape index (κ2) is 15.8. The second-order valence-corrected chi connectivity index (χ2v) is 10.8. The van der Waals surface area contributed by atoms with E-state index in [4.69, 9.17) is 4.42 Å². The topological polar surface area (TPSA) is 72.0 Å². The molecule has 9 aromatic rings. The smallest absolute Gasteiger partial charge is 0.231 e. The zero-order chi connectivity index (χ0) is 32.5. The van der Waals surface area contributed by atoms with Gasteiger partial charge < -0.3 is 19.5 Å².